The van der Waals surface area contributed by atoms with Crippen LogP contribution in [0, 0.1) is 0 Å². The number of nitrogens with two attached hydrogens (primary N) is 1. The molecule has 9 heteroatoms. The van der Waals surface area contributed by atoms with Gasteiger partial charge in [0.05, 0.1) is 22.2 Å². The zero-order valence-corrected chi connectivity index (χ0v) is 19.7. The van der Waals surface area contributed by atoms with Crippen LogP contribution in [0.3, 0.4) is 0 Å². The first-order valence-electron chi connectivity index (χ1n) is 11.0. The highest BCUT2D eigenvalue weighted by Crippen LogP contribution is 2.32. The molecular formula is C25H28N5O3S+. The summed E-state index contributed by atoms with van der Waals surface area (Å²) >= 11 is 0. The molecule has 0 saturated heterocycles. The van der Waals surface area contributed by atoms with Crippen LogP contribution in [0.25, 0.3) is 21.8 Å². The summed E-state index contributed by atoms with van der Waals surface area (Å²) in [6.45, 7) is 0.254. The lowest BCUT2D eigenvalue weighted by Crippen LogP contribution is -2.32. The fourth-order valence-electron chi connectivity index (χ4n) is 3.91. The van der Waals surface area contributed by atoms with E-state index in [1.54, 1.807) is 12.1 Å². The van der Waals surface area contributed by atoms with Crippen molar-refractivity contribution >= 4 is 54.8 Å². The maximum atomic E-state index is 12.3. The summed E-state index contributed by atoms with van der Waals surface area (Å²) in [7, 11) is -1.54. The van der Waals surface area contributed by atoms with Crippen molar-refractivity contribution in [2.24, 2.45) is 12.8 Å². The number of nitrogens with zero attached hydrogens (tertiary/aromatic N) is 1. The first-order valence-corrected chi connectivity index (χ1v) is 12.7. The number of carbonyl (C=O) groups is 1. The molecule has 0 saturated carbocycles. The van der Waals surface area contributed by atoms with Gasteiger partial charge >= 0.3 is 0 Å². The first kappa shape index (κ1) is 23.5. The van der Waals surface area contributed by atoms with E-state index in [0.29, 0.717) is 5.69 Å². The largest absolute Gasteiger partial charge is 0.355 e. The number of pyridine rings is 1. The number of carbonyl (C=O) groups excluding carboxylic acids is 1. The van der Waals surface area contributed by atoms with Gasteiger partial charge in [0.25, 0.3) is 0 Å². The van der Waals surface area contributed by atoms with E-state index >= 15 is 0 Å². The summed E-state index contributed by atoms with van der Waals surface area (Å²) in [5.41, 5.74) is 9.80. The van der Waals surface area contributed by atoms with Crippen LogP contribution in [0.15, 0.2) is 72.8 Å². The standard InChI is InChI=1S/C25H27N5O3S/c1-30-22-8-4-2-6-20(22)25(21-7-3-5-9-23(21)30)28-18-10-12-19(13-11-18)29-34(32,33)17-16-27-24(31)14-15-26/h2-13,29H,14-17,26H2,1H3,(H,27,31)/p+1. The van der Waals surface area contributed by atoms with Gasteiger partial charge in [0.1, 0.15) is 7.05 Å². The van der Waals surface area contributed by atoms with Crippen LogP contribution in [-0.4, -0.2) is 33.2 Å². The molecule has 0 bridgehead atoms. The van der Waals surface area contributed by atoms with Gasteiger partial charge in [-0.15, -0.1) is 0 Å². The summed E-state index contributed by atoms with van der Waals surface area (Å²) in [4.78, 5) is 11.4. The van der Waals surface area contributed by atoms with Crippen molar-refractivity contribution in [1.29, 1.82) is 0 Å². The Morgan fingerprint density at radius 3 is 2.03 bits per heavy atom. The molecule has 34 heavy (non-hydrogen) atoms. The lowest BCUT2D eigenvalue weighted by atomic mass is 10.1. The van der Waals surface area contributed by atoms with Crippen molar-refractivity contribution in [3.05, 3.63) is 72.8 Å². The van der Waals surface area contributed by atoms with E-state index in [0.717, 1.165) is 33.2 Å². The molecule has 4 aromatic rings. The number of aryl methyl sites for hydroxylation is 1. The zero-order valence-electron chi connectivity index (χ0n) is 18.9. The van der Waals surface area contributed by atoms with E-state index in [4.69, 9.17) is 5.73 Å². The normalized spacial score (nSPS) is 11.5. The van der Waals surface area contributed by atoms with Gasteiger partial charge < -0.3 is 16.4 Å². The number of para-hydroxylation sites is 2. The Morgan fingerprint density at radius 2 is 1.44 bits per heavy atom. The molecular weight excluding hydrogens is 450 g/mol. The van der Waals surface area contributed by atoms with Crippen LogP contribution in [0.4, 0.5) is 17.1 Å². The summed E-state index contributed by atoms with van der Waals surface area (Å²) < 4.78 is 29.4. The molecule has 1 amide bonds. The molecule has 0 unspecified atom stereocenters. The Kier molecular flexibility index (Phi) is 6.95. The molecule has 0 aliphatic rings. The number of aromatic nitrogens is 1. The Morgan fingerprint density at radius 1 is 0.882 bits per heavy atom. The number of sulfonamides is 1. The molecule has 0 atom stereocenters. The van der Waals surface area contributed by atoms with E-state index in [1.807, 2.05) is 36.4 Å². The highest BCUT2D eigenvalue weighted by atomic mass is 32.2. The second kappa shape index (κ2) is 10.1. The third-order valence-corrected chi connectivity index (χ3v) is 6.85. The number of nitrogens with one attached hydrogen (secondary N) is 3. The maximum absolute atomic E-state index is 12.3. The highest BCUT2D eigenvalue weighted by Gasteiger charge is 2.17. The molecule has 3 aromatic carbocycles. The zero-order chi connectivity index (χ0) is 24.1. The summed E-state index contributed by atoms with van der Waals surface area (Å²) in [6.07, 6.45) is 0.173. The van der Waals surface area contributed by atoms with Crippen LogP contribution in [0.5, 0.6) is 0 Å². The van der Waals surface area contributed by atoms with Crippen molar-refractivity contribution in [3.8, 4) is 0 Å². The van der Waals surface area contributed by atoms with Crippen LogP contribution in [-0.2, 0) is 21.9 Å². The van der Waals surface area contributed by atoms with Gasteiger partial charge in [-0.3, -0.25) is 9.52 Å². The topological polar surface area (TPSA) is 117 Å². The summed E-state index contributed by atoms with van der Waals surface area (Å²) in [5, 5.41) is 8.24. The molecule has 0 spiro atoms. The Labute approximate surface area is 198 Å². The van der Waals surface area contributed by atoms with Gasteiger partial charge in [0.2, 0.25) is 27.0 Å². The quantitative estimate of drug-likeness (QED) is 0.218. The minimum absolute atomic E-state index is 0.0272. The van der Waals surface area contributed by atoms with Gasteiger partial charge in [0.15, 0.2) is 0 Å². The molecule has 176 valence electrons. The number of rotatable bonds is 9. The van der Waals surface area contributed by atoms with Crippen molar-refractivity contribution in [1.82, 2.24) is 5.32 Å². The van der Waals surface area contributed by atoms with Crippen molar-refractivity contribution in [2.45, 2.75) is 6.42 Å². The van der Waals surface area contributed by atoms with Crippen LogP contribution in [0.1, 0.15) is 6.42 Å². The predicted octanol–water partition coefficient (Wildman–Crippen LogP) is 2.77. The van der Waals surface area contributed by atoms with E-state index in [1.165, 1.54) is 0 Å². The third kappa shape index (κ3) is 5.27. The second-order valence-corrected chi connectivity index (χ2v) is 9.82. The van der Waals surface area contributed by atoms with E-state index in [9.17, 15) is 13.2 Å². The van der Waals surface area contributed by atoms with Gasteiger partial charge in [-0.1, -0.05) is 24.3 Å². The number of hydrogen-bond donors (Lipinski definition) is 4. The Bertz CT molecular complexity index is 1380. The molecule has 1 aromatic heterocycles. The Balaban J connectivity index is 1.52. The monoisotopic (exact) mass is 478 g/mol. The average molecular weight is 479 g/mol. The first-order chi connectivity index (χ1) is 16.4. The fourth-order valence-corrected chi connectivity index (χ4v) is 4.87. The second-order valence-electron chi connectivity index (χ2n) is 7.98. The molecule has 5 N–H and O–H groups in total. The smallest absolute Gasteiger partial charge is 0.234 e. The van der Waals surface area contributed by atoms with Gasteiger partial charge in [0, 0.05) is 43.0 Å². The SMILES string of the molecule is C[n+]1c2ccccc2c(Nc2ccc(NS(=O)(=O)CCNC(=O)CCN)cc2)c2ccccc21. The molecule has 8 nitrogen and oxygen atoms in total. The molecule has 0 radical (unpaired) electrons. The number of amides is 1. The predicted molar refractivity (Wildman–Crippen MR) is 136 cm³/mol. The third-order valence-electron chi connectivity index (χ3n) is 5.56. The van der Waals surface area contributed by atoms with Crippen molar-refractivity contribution < 1.29 is 17.8 Å². The lowest BCUT2D eigenvalue weighted by molar-refractivity contribution is -0.617. The average Bonchev–Trinajstić information content (AvgIpc) is 2.83. The van der Waals surface area contributed by atoms with Gasteiger partial charge in [-0.05, 0) is 36.4 Å². The van der Waals surface area contributed by atoms with Crippen molar-refractivity contribution in [2.75, 3.05) is 28.9 Å². The van der Waals surface area contributed by atoms with Gasteiger partial charge in [-0.25, -0.2) is 8.42 Å². The fraction of sp³-hybridized carbons (Fsp3) is 0.200. The van der Waals surface area contributed by atoms with Crippen LogP contribution >= 0.6 is 0 Å². The molecule has 1 heterocycles. The lowest BCUT2D eigenvalue weighted by Gasteiger charge is -2.13. The van der Waals surface area contributed by atoms with E-state index in [2.05, 4.69) is 51.2 Å². The number of hydrogen-bond acceptors (Lipinski definition) is 5. The number of benzene rings is 3. The molecule has 4 rings (SSSR count). The minimum atomic E-state index is -3.60. The summed E-state index contributed by atoms with van der Waals surface area (Å²) in [6, 6.07) is 23.5. The van der Waals surface area contributed by atoms with Crippen LogP contribution in [0.2, 0.25) is 0 Å². The van der Waals surface area contributed by atoms with Crippen LogP contribution < -0.4 is 25.7 Å². The molecule has 0 aliphatic heterocycles. The maximum Gasteiger partial charge on any atom is 0.234 e. The number of anilines is 3. The minimum Gasteiger partial charge on any atom is -0.355 e. The summed E-state index contributed by atoms with van der Waals surface area (Å²) in [5.74, 6) is -0.481. The van der Waals surface area contributed by atoms with E-state index < -0.39 is 10.0 Å². The highest BCUT2D eigenvalue weighted by molar-refractivity contribution is 7.92. The molecule has 0 fully saturated rings. The van der Waals surface area contributed by atoms with E-state index in [-0.39, 0.29) is 31.2 Å². The molecule has 0 aliphatic carbocycles. The van der Waals surface area contributed by atoms with Crippen molar-refractivity contribution in [3.63, 3.8) is 0 Å². The number of fused-ring (bicyclic) bond motifs is 2. The Hall–Kier alpha value is -3.69. The van der Waals surface area contributed by atoms with Gasteiger partial charge in [-0.2, -0.15) is 4.57 Å².